The highest BCUT2D eigenvalue weighted by molar-refractivity contribution is 7.09. The third-order valence-electron chi connectivity index (χ3n) is 3.68. The first-order valence-electron chi connectivity index (χ1n) is 7.88. The lowest BCUT2D eigenvalue weighted by atomic mass is 10.1. The zero-order chi connectivity index (χ0) is 16.3. The Morgan fingerprint density at radius 3 is 3.17 bits per heavy atom. The molecule has 7 heteroatoms. The first kappa shape index (κ1) is 15.9. The van der Waals surface area contributed by atoms with E-state index in [4.69, 9.17) is 0 Å². The van der Waals surface area contributed by atoms with E-state index in [-0.39, 0.29) is 5.54 Å². The van der Waals surface area contributed by atoms with Gasteiger partial charge in [0.05, 0.1) is 5.54 Å². The van der Waals surface area contributed by atoms with Crippen molar-refractivity contribution in [1.82, 2.24) is 14.3 Å². The van der Waals surface area contributed by atoms with Crippen LogP contribution >= 0.6 is 11.5 Å². The molecule has 0 spiro atoms. The lowest BCUT2D eigenvalue weighted by Crippen LogP contribution is -2.33. The molecule has 0 radical (unpaired) electrons. The summed E-state index contributed by atoms with van der Waals surface area (Å²) in [5.74, 6) is 0.662. The molecule has 122 valence electrons. The van der Waals surface area contributed by atoms with Gasteiger partial charge >= 0.3 is 0 Å². The Labute approximate surface area is 140 Å². The summed E-state index contributed by atoms with van der Waals surface area (Å²) in [5.41, 5.74) is 2.22. The van der Waals surface area contributed by atoms with Gasteiger partial charge in [-0.05, 0) is 32.4 Å². The van der Waals surface area contributed by atoms with Crippen molar-refractivity contribution < 1.29 is 0 Å². The smallest absolute Gasteiger partial charge is 0.237 e. The summed E-state index contributed by atoms with van der Waals surface area (Å²) in [4.78, 5) is 15.7. The second-order valence-corrected chi connectivity index (χ2v) is 6.89. The van der Waals surface area contributed by atoms with Crippen molar-refractivity contribution in [2.45, 2.75) is 39.3 Å². The van der Waals surface area contributed by atoms with E-state index < -0.39 is 0 Å². The lowest BCUT2D eigenvalue weighted by Gasteiger charge is -2.27. The van der Waals surface area contributed by atoms with Crippen LogP contribution in [0.5, 0.6) is 0 Å². The molecule has 0 bridgehead atoms. The zero-order valence-corrected chi connectivity index (χ0v) is 14.6. The Morgan fingerprint density at radius 2 is 2.35 bits per heavy atom. The topological polar surface area (TPSA) is 66.3 Å². The molecule has 3 heterocycles. The van der Waals surface area contributed by atoms with Crippen LogP contribution in [0.2, 0.25) is 0 Å². The molecule has 0 aromatic carbocycles. The largest absolute Gasteiger partial charge is 0.344 e. The minimum Gasteiger partial charge on any atom is -0.344 e. The molecule has 6 nitrogen and oxygen atoms in total. The minimum atomic E-state index is -0.257. The van der Waals surface area contributed by atoms with E-state index in [0.29, 0.717) is 5.95 Å². The van der Waals surface area contributed by atoms with Gasteiger partial charge in [0.15, 0.2) is 0 Å². The Bertz CT molecular complexity index is 693. The predicted octanol–water partition coefficient (Wildman–Crippen LogP) is 2.78. The van der Waals surface area contributed by atoms with Crippen LogP contribution in [0.25, 0.3) is 0 Å². The van der Waals surface area contributed by atoms with Crippen molar-refractivity contribution in [3.05, 3.63) is 29.6 Å². The van der Waals surface area contributed by atoms with Crippen LogP contribution in [0.15, 0.2) is 23.3 Å². The Hall–Kier alpha value is -2.02. The highest BCUT2D eigenvalue weighted by Gasteiger charge is 2.22. The SMILES string of the molecule is CC/N=C\C(C)(C)Nc1nsc(N2CCc3ncccc3C2)n1. The predicted molar refractivity (Wildman–Crippen MR) is 95.6 cm³/mol. The van der Waals surface area contributed by atoms with Gasteiger partial charge in [0.25, 0.3) is 0 Å². The average Bonchev–Trinajstić information content (AvgIpc) is 3.00. The van der Waals surface area contributed by atoms with Gasteiger partial charge in [-0.1, -0.05) is 6.07 Å². The molecule has 1 N–H and O–H groups in total. The molecule has 2 aromatic heterocycles. The summed E-state index contributed by atoms with van der Waals surface area (Å²) in [7, 11) is 0. The van der Waals surface area contributed by atoms with Gasteiger partial charge in [0, 0.05) is 55.7 Å². The van der Waals surface area contributed by atoms with Crippen molar-refractivity contribution in [2.24, 2.45) is 4.99 Å². The number of aliphatic imine (C=N–C) groups is 1. The fourth-order valence-corrected chi connectivity index (χ4v) is 3.22. The lowest BCUT2D eigenvalue weighted by molar-refractivity contribution is 0.708. The molecule has 0 unspecified atom stereocenters. The van der Waals surface area contributed by atoms with Gasteiger partial charge in [-0.15, -0.1) is 0 Å². The first-order valence-corrected chi connectivity index (χ1v) is 8.65. The van der Waals surface area contributed by atoms with Crippen LogP contribution in [0.3, 0.4) is 0 Å². The molecular formula is C16H22N6S. The minimum absolute atomic E-state index is 0.257. The van der Waals surface area contributed by atoms with Crippen molar-refractivity contribution >= 4 is 28.8 Å². The highest BCUT2D eigenvalue weighted by Crippen LogP contribution is 2.26. The number of hydrogen-bond donors (Lipinski definition) is 1. The second-order valence-electron chi connectivity index (χ2n) is 6.16. The van der Waals surface area contributed by atoms with Gasteiger partial charge in [0.1, 0.15) is 0 Å². The molecule has 3 rings (SSSR count). The van der Waals surface area contributed by atoms with E-state index in [2.05, 4.69) is 49.5 Å². The van der Waals surface area contributed by atoms with Crippen molar-refractivity contribution in [2.75, 3.05) is 23.3 Å². The molecular weight excluding hydrogens is 308 g/mol. The quantitative estimate of drug-likeness (QED) is 0.854. The average molecular weight is 330 g/mol. The molecule has 2 aromatic rings. The number of nitrogens with zero attached hydrogens (tertiary/aromatic N) is 5. The maximum Gasteiger partial charge on any atom is 0.237 e. The molecule has 1 aliphatic rings. The highest BCUT2D eigenvalue weighted by atomic mass is 32.1. The standard InChI is InChI=1S/C16H22N6S/c1-4-17-11-16(2,3)20-14-19-15(23-21-14)22-9-7-13-12(10-22)6-5-8-18-13/h5-6,8,11H,4,7,9-10H2,1-3H3,(H,20,21)/b17-11-. The van der Waals surface area contributed by atoms with E-state index >= 15 is 0 Å². The maximum absolute atomic E-state index is 4.64. The number of fused-ring (bicyclic) bond motifs is 1. The fourth-order valence-electron chi connectivity index (χ4n) is 2.56. The van der Waals surface area contributed by atoms with Crippen LogP contribution < -0.4 is 10.2 Å². The van der Waals surface area contributed by atoms with Crippen LogP contribution in [0.1, 0.15) is 32.0 Å². The van der Waals surface area contributed by atoms with Gasteiger partial charge in [0.2, 0.25) is 11.1 Å². The summed E-state index contributed by atoms with van der Waals surface area (Å²) in [6, 6.07) is 4.13. The van der Waals surface area contributed by atoms with Gasteiger partial charge in [-0.25, -0.2) is 0 Å². The molecule has 0 saturated carbocycles. The first-order chi connectivity index (χ1) is 11.1. The van der Waals surface area contributed by atoms with Crippen LogP contribution in [-0.2, 0) is 13.0 Å². The van der Waals surface area contributed by atoms with Gasteiger partial charge in [-0.3, -0.25) is 9.98 Å². The number of pyridine rings is 1. The molecule has 0 aliphatic carbocycles. The van der Waals surface area contributed by atoms with Gasteiger partial charge in [-0.2, -0.15) is 9.36 Å². The van der Waals surface area contributed by atoms with E-state index in [1.54, 1.807) is 0 Å². The maximum atomic E-state index is 4.64. The molecule has 1 aliphatic heterocycles. The molecule has 0 fully saturated rings. The normalized spacial score (nSPS) is 15.0. The van der Waals surface area contributed by atoms with E-state index in [0.717, 1.165) is 31.2 Å². The monoisotopic (exact) mass is 330 g/mol. The van der Waals surface area contributed by atoms with Crippen LogP contribution in [-0.4, -0.2) is 39.2 Å². The summed E-state index contributed by atoms with van der Waals surface area (Å²) < 4.78 is 4.44. The van der Waals surface area contributed by atoms with E-state index in [9.17, 15) is 0 Å². The Kier molecular flexibility index (Phi) is 4.56. The third kappa shape index (κ3) is 3.85. The van der Waals surface area contributed by atoms with Gasteiger partial charge < -0.3 is 10.2 Å². The van der Waals surface area contributed by atoms with Crippen molar-refractivity contribution in [3.63, 3.8) is 0 Å². The summed E-state index contributed by atoms with van der Waals surface area (Å²) in [6.07, 6.45) is 4.73. The summed E-state index contributed by atoms with van der Waals surface area (Å²) in [5, 5.41) is 4.28. The van der Waals surface area contributed by atoms with Crippen LogP contribution in [0, 0.1) is 0 Å². The van der Waals surface area contributed by atoms with Crippen LogP contribution in [0.4, 0.5) is 11.1 Å². The molecule has 0 atom stereocenters. The zero-order valence-electron chi connectivity index (χ0n) is 13.8. The van der Waals surface area contributed by atoms with Crippen molar-refractivity contribution in [3.8, 4) is 0 Å². The van der Waals surface area contributed by atoms with E-state index in [1.807, 2.05) is 25.4 Å². The fraction of sp³-hybridized carbons (Fsp3) is 0.500. The molecule has 23 heavy (non-hydrogen) atoms. The molecule has 0 amide bonds. The van der Waals surface area contributed by atoms with Crippen molar-refractivity contribution in [1.29, 1.82) is 0 Å². The number of hydrogen-bond acceptors (Lipinski definition) is 7. The van der Waals surface area contributed by atoms with E-state index in [1.165, 1.54) is 22.8 Å². The number of anilines is 2. The Balaban J connectivity index is 1.69. The summed E-state index contributed by atoms with van der Waals surface area (Å²) >= 11 is 1.43. The number of rotatable bonds is 5. The number of nitrogens with one attached hydrogen (secondary N) is 1. The summed E-state index contributed by atoms with van der Waals surface area (Å²) in [6.45, 7) is 8.71. The number of aromatic nitrogens is 3. The third-order valence-corrected chi connectivity index (χ3v) is 4.46. The molecule has 0 saturated heterocycles. The second kappa shape index (κ2) is 6.62. The Morgan fingerprint density at radius 1 is 1.48 bits per heavy atom.